The monoisotopic (exact) mass is 313 g/mol. The van der Waals surface area contributed by atoms with Gasteiger partial charge in [-0.25, -0.2) is 0 Å². The van der Waals surface area contributed by atoms with E-state index in [0.717, 1.165) is 5.25 Å². The van der Waals surface area contributed by atoms with Crippen LogP contribution in [0, 0.1) is 0 Å². The third kappa shape index (κ3) is 4.01. The summed E-state index contributed by atoms with van der Waals surface area (Å²) < 4.78 is 0. The molecule has 1 aromatic rings. The second-order valence-corrected chi connectivity index (χ2v) is 7.79. The van der Waals surface area contributed by atoms with Crippen molar-refractivity contribution in [2.24, 2.45) is 0 Å². The van der Waals surface area contributed by atoms with E-state index in [9.17, 15) is 0 Å². The first-order valence-electron chi connectivity index (χ1n) is 6.22. The number of rotatable bonds is 5. The zero-order valence-corrected chi connectivity index (χ0v) is 12.9. The fraction of sp³-hybridized carbons (Fsp3) is 0.571. The molecule has 1 aliphatic rings. The first-order chi connectivity index (χ1) is 8.15. The summed E-state index contributed by atoms with van der Waals surface area (Å²) in [6.45, 7) is 4.59. The topological polar surface area (TPSA) is 3.24 Å². The molecule has 0 bridgehead atoms. The van der Waals surface area contributed by atoms with Crippen LogP contribution >= 0.6 is 27.7 Å². The molecule has 1 aromatic carbocycles. The molecule has 0 fully saturated rings. The van der Waals surface area contributed by atoms with E-state index in [-0.39, 0.29) is 0 Å². The minimum absolute atomic E-state index is 0.623. The molecule has 94 valence electrons. The first-order valence-corrected chi connectivity index (χ1v) is 8.02. The van der Waals surface area contributed by atoms with Gasteiger partial charge >= 0.3 is 0 Å². The summed E-state index contributed by atoms with van der Waals surface area (Å²) >= 11 is 5.65. The van der Waals surface area contributed by atoms with Crippen LogP contribution in [0.1, 0.15) is 18.9 Å². The highest BCUT2D eigenvalue weighted by Crippen LogP contribution is 2.36. The Hall–Kier alpha value is 0.01000. The van der Waals surface area contributed by atoms with E-state index in [1.165, 1.54) is 36.4 Å². The molecule has 0 saturated carbocycles. The SMILES string of the molecule is CC(Br)CCN(C)CC1Cc2ccccc2S1. The Labute approximate surface area is 117 Å². The highest BCUT2D eigenvalue weighted by Gasteiger charge is 2.22. The molecule has 17 heavy (non-hydrogen) atoms. The van der Waals surface area contributed by atoms with Crippen LogP contribution in [0.3, 0.4) is 0 Å². The van der Waals surface area contributed by atoms with E-state index < -0.39 is 0 Å². The quantitative estimate of drug-likeness (QED) is 0.760. The van der Waals surface area contributed by atoms with Gasteiger partial charge < -0.3 is 4.90 Å². The molecule has 3 heteroatoms. The van der Waals surface area contributed by atoms with Crippen molar-refractivity contribution < 1.29 is 0 Å². The van der Waals surface area contributed by atoms with Gasteiger partial charge in [-0.05, 0) is 38.1 Å². The number of fused-ring (bicyclic) bond motifs is 1. The molecule has 0 aromatic heterocycles. The first kappa shape index (κ1) is 13.4. The normalized spacial score (nSPS) is 20.6. The number of hydrogen-bond acceptors (Lipinski definition) is 2. The summed E-state index contributed by atoms with van der Waals surface area (Å²) in [7, 11) is 2.24. The maximum Gasteiger partial charge on any atom is 0.0263 e. The molecule has 0 amide bonds. The van der Waals surface area contributed by atoms with Gasteiger partial charge in [0.05, 0.1) is 0 Å². The lowest BCUT2D eigenvalue weighted by Crippen LogP contribution is -2.29. The molecule has 2 atom stereocenters. The van der Waals surface area contributed by atoms with Crippen molar-refractivity contribution in [2.45, 2.75) is 34.7 Å². The van der Waals surface area contributed by atoms with E-state index in [4.69, 9.17) is 0 Å². The minimum Gasteiger partial charge on any atom is -0.305 e. The molecule has 0 spiro atoms. The minimum atomic E-state index is 0.623. The zero-order valence-electron chi connectivity index (χ0n) is 10.5. The van der Waals surface area contributed by atoms with E-state index in [2.05, 4.69) is 59.1 Å². The molecule has 0 radical (unpaired) electrons. The summed E-state index contributed by atoms with van der Waals surface area (Å²) in [6, 6.07) is 8.81. The predicted molar refractivity (Wildman–Crippen MR) is 80.3 cm³/mol. The Bertz CT molecular complexity index is 342. The lowest BCUT2D eigenvalue weighted by atomic mass is 10.1. The maximum absolute atomic E-state index is 3.61. The molecule has 1 aliphatic heterocycles. The maximum atomic E-state index is 3.61. The largest absolute Gasteiger partial charge is 0.305 e. The molecular weight excluding hydrogens is 294 g/mol. The average molecular weight is 314 g/mol. The van der Waals surface area contributed by atoms with Crippen LogP contribution in [-0.4, -0.2) is 35.1 Å². The van der Waals surface area contributed by atoms with Gasteiger partial charge in [0.2, 0.25) is 0 Å². The molecule has 2 unspecified atom stereocenters. The number of alkyl halides is 1. The lowest BCUT2D eigenvalue weighted by molar-refractivity contribution is 0.331. The van der Waals surface area contributed by atoms with Crippen molar-refractivity contribution in [2.75, 3.05) is 20.1 Å². The van der Waals surface area contributed by atoms with Crippen molar-refractivity contribution in [3.05, 3.63) is 29.8 Å². The van der Waals surface area contributed by atoms with Gasteiger partial charge in [0.1, 0.15) is 0 Å². The average Bonchev–Trinajstić information content (AvgIpc) is 2.68. The van der Waals surface area contributed by atoms with Gasteiger partial charge in [0, 0.05) is 21.5 Å². The molecule has 0 saturated heterocycles. The van der Waals surface area contributed by atoms with Crippen molar-refractivity contribution in [3.63, 3.8) is 0 Å². The van der Waals surface area contributed by atoms with Crippen LogP contribution < -0.4 is 0 Å². The van der Waals surface area contributed by atoms with Crippen LogP contribution in [0.5, 0.6) is 0 Å². The van der Waals surface area contributed by atoms with Crippen LogP contribution in [0.2, 0.25) is 0 Å². The number of benzene rings is 1. The third-order valence-electron chi connectivity index (χ3n) is 3.14. The molecule has 2 rings (SSSR count). The fourth-order valence-electron chi connectivity index (χ4n) is 2.19. The Kier molecular flexibility index (Phi) is 4.95. The highest BCUT2D eigenvalue weighted by atomic mass is 79.9. The van der Waals surface area contributed by atoms with Crippen LogP contribution in [0.25, 0.3) is 0 Å². The second kappa shape index (κ2) is 6.26. The van der Waals surface area contributed by atoms with Crippen molar-refractivity contribution in [1.29, 1.82) is 0 Å². The zero-order chi connectivity index (χ0) is 12.3. The van der Waals surface area contributed by atoms with Gasteiger partial charge in [-0.3, -0.25) is 0 Å². The predicted octanol–water partition coefficient (Wildman–Crippen LogP) is 3.81. The molecule has 0 N–H and O–H groups in total. The van der Waals surface area contributed by atoms with Gasteiger partial charge in [-0.1, -0.05) is 41.1 Å². The Balaban J connectivity index is 1.79. The molecule has 0 aliphatic carbocycles. The molecular formula is C14H20BrNS. The third-order valence-corrected chi connectivity index (χ3v) is 4.90. The van der Waals surface area contributed by atoms with E-state index >= 15 is 0 Å². The number of hydrogen-bond donors (Lipinski definition) is 0. The van der Waals surface area contributed by atoms with Gasteiger partial charge in [0.15, 0.2) is 0 Å². The van der Waals surface area contributed by atoms with Crippen molar-refractivity contribution in [1.82, 2.24) is 4.90 Å². The van der Waals surface area contributed by atoms with Gasteiger partial charge in [-0.2, -0.15) is 0 Å². The molecule has 1 heterocycles. The summed E-state index contributed by atoms with van der Waals surface area (Å²) in [5.41, 5.74) is 1.53. The van der Waals surface area contributed by atoms with E-state index in [1.807, 2.05) is 11.8 Å². The van der Waals surface area contributed by atoms with E-state index in [1.54, 1.807) is 0 Å². The van der Waals surface area contributed by atoms with Gasteiger partial charge in [0.25, 0.3) is 0 Å². The lowest BCUT2D eigenvalue weighted by Gasteiger charge is -2.20. The fourth-order valence-corrected chi connectivity index (χ4v) is 3.81. The summed E-state index contributed by atoms with van der Waals surface area (Å²) in [4.78, 5) is 4.57. The number of thioether (sulfide) groups is 1. The van der Waals surface area contributed by atoms with Crippen molar-refractivity contribution in [3.8, 4) is 0 Å². The second-order valence-electron chi connectivity index (χ2n) is 4.88. The smallest absolute Gasteiger partial charge is 0.0263 e. The highest BCUT2D eigenvalue weighted by molar-refractivity contribution is 9.09. The number of halogens is 1. The van der Waals surface area contributed by atoms with Gasteiger partial charge in [-0.15, -0.1) is 11.8 Å². The van der Waals surface area contributed by atoms with E-state index in [0.29, 0.717) is 4.83 Å². The summed E-state index contributed by atoms with van der Waals surface area (Å²) in [6.07, 6.45) is 2.45. The Morgan fingerprint density at radius 1 is 1.47 bits per heavy atom. The number of nitrogens with zero attached hydrogens (tertiary/aromatic N) is 1. The van der Waals surface area contributed by atoms with Crippen LogP contribution in [-0.2, 0) is 6.42 Å². The Morgan fingerprint density at radius 2 is 2.24 bits per heavy atom. The summed E-state index contributed by atoms with van der Waals surface area (Å²) in [5.74, 6) is 0. The van der Waals surface area contributed by atoms with Crippen molar-refractivity contribution >= 4 is 27.7 Å². The molecule has 1 nitrogen and oxygen atoms in total. The Morgan fingerprint density at radius 3 is 2.94 bits per heavy atom. The van der Waals surface area contributed by atoms with Crippen LogP contribution in [0.4, 0.5) is 0 Å². The summed E-state index contributed by atoms with van der Waals surface area (Å²) in [5, 5.41) is 0.739. The van der Waals surface area contributed by atoms with Crippen LogP contribution in [0.15, 0.2) is 29.2 Å². The standard InChI is InChI=1S/C14H20BrNS/c1-11(15)7-8-16(2)10-13-9-12-5-3-4-6-14(12)17-13/h3-6,11,13H,7-10H2,1-2H3.